The number of nitrogens with two attached hydrogens (primary N) is 1. The number of aromatic nitrogens is 2. The molecule has 8 heteroatoms. The molecule has 1 aliphatic heterocycles. The van der Waals surface area contributed by atoms with Gasteiger partial charge in [0.1, 0.15) is 11.4 Å². The molecule has 0 spiro atoms. The zero-order valence-electron chi connectivity index (χ0n) is 13.9. The van der Waals surface area contributed by atoms with Crippen molar-refractivity contribution in [3.05, 3.63) is 48.3 Å². The minimum Gasteiger partial charge on any atom is -0.384 e. The molecule has 3 rings (SSSR count). The van der Waals surface area contributed by atoms with E-state index in [-0.39, 0.29) is 17.2 Å². The Bertz CT molecular complexity index is 924. The number of nitrogens with zero attached hydrogens (tertiary/aromatic N) is 3. The molecule has 0 aliphatic carbocycles. The first-order chi connectivity index (χ1) is 11.3. The highest BCUT2D eigenvalue weighted by Gasteiger charge is 2.30. The summed E-state index contributed by atoms with van der Waals surface area (Å²) in [4.78, 5) is 40.6. The Morgan fingerprint density at radius 1 is 1.29 bits per heavy atom. The van der Waals surface area contributed by atoms with Crippen molar-refractivity contribution >= 4 is 22.9 Å². The van der Waals surface area contributed by atoms with Crippen molar-refractivity contribution in [3.8, 4) is 0 Å². The normalized spacial score (nSPS) is 16.0. The summed E-state index contributed by atoms with van der Waals surface area (Å²) in [6, 6.07) is 1.59. The topological polar surface area (TPSA) is 90.3 Å². The third-order valence-electron chi connectivity index (χ3n) is 4.72. The molecule has 0 aromatic carbocycles. The Hall–Kier alpha value is -2.19. The van der Waals surface area contributed by atoms with Crippen molar-refractivity contribution in [3.63, 3.8) is 0 Å². The third-order valence-corrected chi connectivity index (χ3v) is 5.74. The molecule has 3 heterocycles. The second-order valence-electron chi connectivity index (χ2n) is 6.10. The van der Waals surface area contributed by atoms with E-state index in [4.69, 9.17) is 5.73 Å². The fraction of sp³-hybridized carbons (Fsp3) is 0.438. The number of nitrogen functional groups attached to an aromatic ring is 1. The fourth-order valence-corrected chi connectivity index (χ4v) is 3.96. The van der Waals surface area contributed by atoms with Gasteiger partial charge in [-0.3, -0.25) is 23.6 Å². The van der Waals surface area contributed by atoms with Gasteiger partial charge in [0, 0.05) is 32.1 Å². The van der Waals surface area contributed by atoms with Crippen molar-refractivity contribution in [2.75, 3.05) is 12.3 Å². The Labute approximate surface area is 142 Å². The van der Waals surface area contributed by atoms with Crippen LogP contribution in [0.4, 0.5) is 5.82 Å². The van der Waals surface area contributed by atoms with E-state index in [0.29, 0.717) is 6.54 Å². The second kappa shape index (κ2) is 6.03. The van der Waals surface area contributed by atoms with Gasteiger partial charge in [-0.1, -0.05) is 0 Å². The molecule has 1 atom stereocenters. The monoisotopic (exact) mass is 348 g/mol. The molecular weight excluding hydrogens is 328 g/mol. The van der Waals surface area contributed by atoms with E-state index in [0.717, 1.165) is 22.1 Å². The SMILES string of the molecule is CC(C(=O)c1c(N)n(C)c(=O)n(C)c1=O)N1CCc2sccc2C1. The van der Waals surface area contributed by atoms with Crippen LogP contribution in [0.1, 0.15) is 27.7 Å². The maximum Gasteiger partial charge on any atom is 0.332 e. The van der Waals surface area contributed by atoms with Crippen LogP contribution in [0.25, 0.3) is 0 Å². The fourth-order valence-electron chi connectivity index (χ4n) is 3.07. The van der Waals surface area contributed by atoms with Crippen molar-refractivity contribution < 1.29 is 4.79 Å². The van der Waals surface area contributed by atoms with Gasteiger partial charge in [0.05, 0.1) is 6.04 Å². The Balaban J connectivity index is 1.96. The standard InChI is InChI=1S/C16H20N4O3S/c1-9(20-6-4-11-10(8-20)5-7-24-11)13(21)12-14(17)18(2)16(23)19(3)15(12)22/h5,7,9H,4,6,8,17H2,1-3H3. The average Bonchev–Trinajstić information content (AvgIpc) is 3.05. The van der Waals surface area contributed by atoms with E-state index in [1.165, 1.54) is 24.5 Å². The third kappa shape index (κ3) is 2.51. The maximum absolute atomic E-state index is 12.9. The second-order valence-corrected chi connectivity index (χ2v) is 7.10. The van der Waals surface area contributed by atoms with E-state index in [9.17, 15) is 14.4 Å². The lowest BCUT2D eigenvalue weighted by Crippen LogP contribution is -2.47. The van der Waals surface area contributed by atoms with Crippen LogP contribution >= 0.6 is 11.3 Å². The van der Waals surface area contributed by atoms with Crippen molar-refractivity contribution in [2.45, 2.75) is 25.9 Å². The number of hydrogen-bond acceptors (Lipinski definition) is 6. The lowest BCUT2D eigenvalue weighted by Gasteiger charge is -2.31. The van der Waals surface area contributed by atoms with Gasteiger partial charge in [0.2, 0.25) is 0 Å². The van der Waals surface area contributed by atoms with Crippen LogP contribution in [0.5, 0.6) is 0 Å². The molecule has 128 valence electrons. The minimum absolute atomic E-state index is 0.0758. The molecule has 0 fully saturated rings. The first-order valence-corrected chi connectivity index (χ1v) is 8.60. The molecule has 2 aromatic rings. The molecule has 0 radical (unpaired) electrons. The molecule has 1 unspecified atom stereocenters. The van der Waals surface area contributed by atoms with Crippen LogP contribution in [0.2, 0.25) is 0 Å². The molecule has 2 aromatic heterocycles. The number of fused-ring (bicyclic) bond motifs is 1. The largest absolute Gasteiger partial charge is 0.384 e. The van der Waals surface area contributed by atoms with Crippen molar-refractivity contribution in [2.24, 2.45) is 14.1 Å². The molecule has 2 N–H and O–H groups in total. The molecule has 0 amide bonds. The first-order valence-electron chi connectivity index (χ1n) is 7.72. The van der Waals surface area contributed by atoms with Crippen LogP contribution in [0.15, 0.2) is 21.0 Å². The number of rotatable bonds is 3. The molecule has 0 saturated heterocycles. The Morgan fingerprint density at radius 2 is 2.00 bits per heavy atom. The predicted molar refractivity (Wildman–Crippen MR) is 93.6 cm³/mol. The smallest absolute Gasteiger partial charge is 0.332 e. The van der Waals surface area contributed by atoms with Gasteiger partial charge < -0.3 is 5.73 Å². The highest BCUT2D eigenvalue weighted by molar-refractivity contribution is 7.10. The van der Waals surface area contributed by atoms with Crippen molar-refractivity contribution in [1.29, 1.82) is 0 Å². The lowest BCUT2D eigenvalue weighted by molar-refractivity contribution is 0.0818. The summed E-state index contributed by atoms with van der Waals surface area (Å²) in [6.07, 6.45) is 0.894. The zero-order valence-corrected chi connectivity index (χ0v) is 14.7. The number of Topliss-reactive ketones (excluding diaryl/α,β-unsaturated/α-hetero) is 1. The molecule has 7 nitrogen and oxygen atoms in total. The van der Waals surface area contributed by atoms with E-state index in [1.54, 1.807) is 18.3 Å². The van der Waals surface area contributed by atoms with E-state index < -0.39 is 17.3 Å². The summed E-state index contributed by atoms with van der Waals surface area (Å²) in [7, 11) is 2.81. The first kappa shape index (κ1) is 16.7. The Morgan fingerprint density at radius 3 is 2.71 bits per heavy atom. The number of carbonyl (C=O) groups excluding carboxylic acids is 1. The number of hydrogen-bond donors (Lipinski definition) is 1. The summed E-state index contributed by atoms with van der Waals surface area (Å²) in [5.41, 5.74) is 5.84. The van der Waals surface area contributed by atoms with Gasteiger partial charge in [-0.2, -0.15) is 0 Å². The maximum atomic E-state index is 12.9. The van der Waals surface area contributed by atoms with Crippen LogP contribution in [0.3, 0.4) is 0 Å². The number of thiophene rings is 1. The summed E-state index contributed by atoms with van der Waals surface area (Å²) in [5.74, 6) is -0.421. The predicted octanol–water partition coefficient (Wildman–Crippen LogP) is 0.357. The van der Waals surface area contributed by atoms with Gasteiger partial charge in [0.15, 0.2) is 5.78 Å². The van der Waals surface area contributed by atoms with Crippen LogP contribution in [0, 0.1) is 0 Å². The quantitative estimate of drug-likeness (QED) is 0.809. The number of anilines is 1. The highest BCUT2D eigenvalue weighted by atomic mass is 32.1. The van der Waals surface area contributed by atoms with Crippen LogP contribution < -0.4 is 17.0 Å². The molecule has 24 heavy (non-hydrogen) atoms. The average molecular weight is 348 g/mol. The zero-order chi connectivity index (χ0) is 17.6. The summed E-state index contributed by atoms with van der Waals surface area (Å²) in [6.45, 7) is 3.22. The molecule has 0 saturated carbocycles. The highest BCUT2D eigenvalue weighted by Crippen LogP contribution is 2.26. The van der Waals surface area contributed by atoms with Gasteiger partial charge in [0.25, 0.3) is 5.56 Å². The van der Waals surface area contributed by atoms with Gasteiger partial charge >= 0.3 is 5.69 Å². The molecule has 1 aliphatic rings. The minimum atomic E-state index is -0.638. The van der Waals surface area contributed by atoms with Crippen molar-refractivity contribution in [1.82, 2.24) is 14.0 Å². The van der Waals surface area contributed by atoms with Gasteiger partial charge in [-0.15, -0.1) is 11.3 Å². The number of ketones is 1. The van der Waals surface area contributed by atoms with Gasteiger partial charge in [-0.05, 0) is 30.4 Å². The molecule has 0 bridgehead atoms. The summed E-state index contributed by atoms with van der Waals surface area (Å²) < 4.78 is 2.05. The summed E-state index contributed by atoms with van der Waals surface area (Å²) >= 11 is 1.73. The van der Waals surface area contributed by atoms with Gasteiger partial charge in [-0.25, -0.2) is 4.79 Å². The van der Waals surface area contributed by atoms with Crippen LogP contribution in [-0.2, 0) is 27.1 Å². The summed E-state index contributed by atoms with van der Waals surface area (Å²) in [5, 5.41) is 2.06. The number of carbonyl (C=O) groups is 1. The van der Waals surface area contributed by atoms with Crippen LogP contribution in [-0.4, -0.2) is 32.4 Å². The van der Waals surface area contributed by atoms with E-state index in [1.807, 2.05) is 4.90 Å². The van der Waals surface area contributed by atoms with E-state index >= 15 is 0 Å². The Kier molecular flexibility index (Phi) is 4.18. The van der Waals surface area contributed by atoms with E-state index in [2.05, 4.69) is 11.4 Å². The molecular formula is C16H20N4O3S. The lowest BCUT2D eigenvalue weighted by atomic mass is 10.0.